The van der Waals surface area contributed by atoms with Crippen molar-refractivity contribution in [1.29, 1.82) is 0 Å². The predicted molar refractivity (Wildman–Crippen MR) is 118 cm³/mol. The normalized spacial score (nSPS) is 18.9. The molecular weight excluding hydrogens is 414 g/mol. The summed E-state index contributed by atoms with van der Waals surface area (Å²) in [5, 5.41) is 1.02. The topological polar surface area (TPSA) is 99.3 Å². The van der Waals surface area contributed by atoms with Crippen LogP contribution in [0.3, 0.4) is 0 Å². The number of fused-ring (bicyclic) bond motifs is 1. The van der Waals surface area contributed by atoms with Crippen molar-refractivity contribution >= 4 is 32.5 Å². The van der Waals surface area contributed by atoms with E-state index in [0.29, 0.717) is 12.1 Å². The minimum atomic E-state index is -3.27. The standard InChI is InChI=1S/C22H25N5O3S/c1-31(29,30)17-4-2-16(3-5-17)19(28)12-26-10-11-27(14-22(13-26)7-8-22)21-18-6-9-23-20(18)24-15-25-21/h2-6,9,15H,7-8,10-14H2,1H3,(H,23,24,25). The zero-order valence-corrected chi connectivity index (χ0v) is 18.2. The molecule has 3 heterocycles. The number of carbonyl (C=O) groups is 1. The fourth-order valence-corrected chi connectivity index (χ4v) is 5.08. The molecule has 31 heavy (non-hydrogen) atoms. The Morgan fingerprint density at radius 1 is 1.10 bits per heavy atom. The first-order chi connectivity index (χ1) is 14.8. The number of anilines is 1. The molecule has 0 amide bonds. The molecule has 0 atom stereocenters. The third-order valence-electron chi connectivity index (χ3n) is 6.33. The number of nitrogens with zero attached hydrogens (tertiary/aromatic N) is 4. The van der Waals surface area contributed by atoms with Gasteiger partial charge in [-0.3, -0.25) is 9.69 Å². The first-order valence-corrected chi connectivity index (χ1v) is 12.3. The average molecular weight is 440 g/mol. The summed E-state index contributed by atoms with van der Waals surface area (Å²) in [6, 6.07) is 8.24. The lowest BCUT2D eigenvalue weighted by Crippen LogP contribution is -2.35. The van der Waals surface area contributed by atoms with Crippen LogP contribution in [0.2, 0.25) is 0 Å². The van der Waals surface area contributed by atoms with Crippen LogP contribution in [0.25, 0.3) is 11.0 Å². The van der Waals surface area contributed by atoms with Crippen LogP contribution < -0.4 is 4.90 Å². The lowest BCUT2D eigenvalue weighted by atomic mass is 10.1. The summed E-state index contributed by atoms with van der Waals surface area (Å²) < 4.78 is 23.3. The molecule has 1 aliphatic carbocycles. The van der Waals surface area contributed by atoms with Gasteiger partial charge in [0.2, 0.25) is 0 Å². The lowest BCUT2D eigenvalue weighted by molar-refractivity contribution is 0.0924. The number of rotatable bonds is 5. The van der Waals surface area contributed by atoms with Gasteiger partial charge < -0.3 is 9.88 Å². The Balaban J connectivity index is 1.32. The maximum Gasteiger partial charge on any atom is 0.176 e. The molecule has 2 fully saturated rings. The smallest absolute Gasteiger partial charge is 0.176 e. The second-order valence-corrected chi connectivity index (χ2v) is 10.8. The molecular formula is C22H25N5O3S. The molecule has 162 valence electrons. The van der Waals surface area contributed by atoms with Crippen LogP contribution in [0.15, 0.2) is 47.8 Å². The van der Waals surface area contributed by atoms with E-state index in [4.69, 9.17) is 0 Å². The van der Waals surface area contributed by atoms with E-state index in [1.54, 1.807) is 18.5 Å². The molecule has 9 heteroatoms. The van der Waals surface area contributed by atoms with E-state index in [0.717, 1.165) is 55.9 Å². The molecule has 0 radical (unpaired) electrons. The van der Waals surface area contributed by atoms with Crippen LogP contribution in [-0.2, 0) is 9.84 Å². The van der Waals surface area contributed by atoms with Crippen LogP contribution in [0, 0.1) is 5.41 Å². The minimum Gasteiger partial charge on any atom is -0.354 e. The third-order valence-corrected chi connectivity index (χ3v) is 7.46. The minimum absolute atomic E-state index is 0.0133. The van der Waals surface area contributed by atoms with Crippen LogP contribution in [-0.4, -0.2) is 73.0 Å². The van der Waals surface area contributed by atoms with Gasteiger partial charge in [-0.1, -0.05) is 12.1 Å². The highest BCUT2D eigenvalue weighted by Gasteiger charge is 2.47. The van der Waals surface area contributed by atoms with Gasteiger partial charge in [-0.15, -0.1) is 0 Å². The van der Waals surface area contributed by atoms with Gasteiger partial charge in [-0.05, 0) is 31.0 Å². The molecule has 0 unspecified atom stereocenters. The Morgan fingerprint density at radius 2 is 1.87 bits per heavy atom. The number of nitrogens with one attached hydrogen (secondary N) is 1. The Hall–Kier alpha value is -2.78. The van der Waals surface area contributed by atoms with E-state index < -0.39 is 9.84 Å². The predicted octanol–water partition coefficient (Wildman–Crippen LogP) is 2.15. The highest BCUT2D eigenvalue weighted by atomic mass is 32.2. The number of carbonyl (C=O) groups excluding carboxylic acids is 1. The van der Waals surface area contributed by atoms with Gasteiger partial charge in [0.15, 0.2) is 15.6 Å². The number of aromatic amines is 1. The lowest BCUT2D eigenvalue weighted by Gasteiger charge is -2.25. The molecule has 3 aromatic rings. The van der Waals surface area contributed by atoms with Crippen molar-refractivity contribution in [3.8, 4) is 0 Å². The van der Waals surface area contributed by atoms with Gasteiger partial charge in [0.1, 0.15) is 17.8 Å². The molecule has 1 aliphatic heterocycles. The third kappa shape index (κ3) is 4.07. The number of H-pyrrole nitrogens is 1. The first kappa shape index (κ1) is 20.1. The van der Waals surface area contributed by atoms with Gasteiger partial charge in [0.05, 0.1) is 16.8 Å². The van der Waals surface area contributed by atoms with Crippen LogP contribution >= 0.6 is 0 Å². The molecule has 1 saturated carbocycles. The molecule has 2 aliphatic rings. The van der Waals surface area contributed by atoms with Crippen molar-refractivity contribution in [2.45, 2.75) is 17.7 Å². The van der Waals surface area contributed by atoms with Crippen LogP contribution in [0.1, 0.15) is 23.2 Å². The molecule has 1 spiro atoms. The summed E-state index contributed by atoms with van der Waals surface area (Å²) in [6.45, 7) is 3.71. The average Bonchev–Trinajstić information content (AvgIpc) is 3.37. The zero-order chi connectivity index (χ0) is 21.6. The van der Waals surface area contributed by atoms with Crippen LogP contribution in [0.5, 0.6) is 0 Å². The fourth-order valence-electron chi connectivity index (χ4n) is 4.45. The van der Waals surface area contributed by atoms with E-state index in [9.17, 15) is 13.2 Å². The molecule has 2 aromatic heterocycles. The van der Waals surface area contributed by atoms with Crippen molar-refractivity contribution in [3.63, 3.8) is 0 Å². The van der Waals surface area contributed by atoms with Gasteiger partial charge in [0.25, 0.3) is 0 Å². The Labute approximate surface area is 181 Å². The summed E-state index contributed by atoms with van der Waals surface area (Å²) >= 11 is 0. The quantitative estimate of drug-likeness (QED) is 0.608. The van der Waals surface area contributed by atoms with E-state index in [1.165, 1.54) is 18.4 Å². The summed E-state index contributed by atoms with van der Waals surface area (Å²) in [5.41, 5.74) is 1.58. The second kappa shape index (κ2) is 7.42. The highest BCUT2D eigenvalue weighted by Crippen LogP contribution is 2.48. The molecule has 1 saturated heterocycles. The Morgan fingerprint density at radius 3 is 2.58 bits per heavy atom. The van der Waals surface area contributed by atoms with E-state index in [2.05, 4.69) is 24.8 Å². The Bertz CT molecular complexity index is 1230. The number of ketones is 1. The first-order valence-electron chi connectivity index (χ1n) is 10.4. The van der Waals surface area contributed by atoms with Gasteiger partial charge in [0, 0.05) is 49.6 Å². The Kier molecular flexibility index (Phi) is 4.82. The molecule has 8 nitrogen and oxygen atoms in total. The van der Waals surface area contributed by atoms with Gasteiger partial charge in [-0.2, -0.15) is 0 Å². The largest absolute Gasteiger partial charge is 0.354 e. The van der Waals surface area contributed by atoms with E-state index in [-0.39, 0.29) is 16.1 Å². The zero-order valence-electron chi connectivity index (χ0n) is 17.4. The number of hydrogen-bond donors (Lipinski definition) is 1. The number of sulfone groups is 1. The second-order valence-electron chi connectivity index (χ2n) is 8.79. The van der Waals surface area contributed by atoms with Crippen molar-refractivity contribution < 1.29 is 13.2 Å². The fraction of sp³-hybridized carbons (Fsp3) is 0.409. The highest BCUT2D eigenvalue weighted by molar-refractivity contribution is 7.90. The van der Waals surface area contributed by atoms with Gasteiger partial charge >= 0.3 is 0 Å². The maximum absolute atomic E-state index is 12.9. The summed E-state index contributed by atoms with van der Waals surface area (Å²) in [4.78, 5) is 29.7. The number of aromatic nitrogens is 3. The molecule has 1 aromatic carbocycles. The van der Waals surface area contributed by atoms with Crippen molar-refractivity contribution in [3.05, 3.63) is 48.4 Å². The van der Waals surface area contributed by atoms with Crippen molar-refractivity contribution in [2.75, 3.05) is 43.9 Å². The molecule has 5 rings (SSSR count). The van der Waals surface area contributed by atoms with E-state index >= 15 is 0 Å². The number of hydrogen-bond acceptors (Lipinski definition) is 7. The monoisotopic (exact) mass is 439 g/mol. The SMILES string of the molecule is CS(=O)(=O)c1ccc(C(=O)CN2CCN(c3ncnc4[nH]ccc34)CC3(CC3)C2)cc1. The number of Topliss-reactive ketones (excluding diaryl/α,β-unsaturated/α-hetero) is 1. The summed E-state index contributed by atoms with van der Waals surface area (Å²) in [5.74, 6) is 0.960. The maximum atomic E-state index is 12.9. The van der Waals surface area contributed by atoms with E-state index in [1.807, 2.05) is 12.3 Å². The summed E-state index contributed by atoms with van der Waals surface area (Å²) in [7, 11) is -3.27. The molecule has 0 bridgehead atoms. The van der Waals surface area contributed by atoms with Gasteiger partial charge in [-0.25, -0.2) is 18.4 Å². The summed E-state index contributed by atoms with van der Waals surface area (Å²) in [6.07, 6.45) is 6.95. The van der Waals surface area contributed by atoms with Crippen molar-refractivity contribution in [1.82, 2.24) is 19.9 Å². The number of benzene rings is 1. The van der Waals surface area contributed by atoms with Crippen molar-refractivity contribution in [2.24, 2.45) is 5.41 Å². The van der Waals surface area contributed by atoms with Crippen LogP contribution in [0.4, 0.5) is 5.82 Å². The molecule has 1 N–H and O–H groups in total.